The van der Waals surface area contributed by atoms with Crippen LogP contribution >= 0.6 is 0 Å². The van der Waals surface area contributed by atoms with Crippen LogP contribution in [-0.2, 0) is 9.59 Å². The molecule has 1 aliphatic heterocycles. The van der Waals surface area contributed by atoms with E-state index in [0.717, 1.165) is 36.3 Å². The zero-order valence-corrected chi connectivity index (χ0v) is 14.8. The van der Waals surface area contributed by atoms with Gasteiger partial charge in [0.05, 0.1) is 26.2 Å². The minimum absolute atomic E-state index is 0.194. The Morgan fingerprint density at radius 3 is 2.30 bits per heavy atom. The van der Waals surface area contributed by atoms with Crippen LogP contribution in [0.15, 0.2) is 24.3 Å². The van der Waals surface area contributed by atoms with Gasteiger partial charge in [0, 0.05) is 11.6 Å². The normalized spacial score (nSPS) is 18.7. The summed E-state index contributed by atoms with van der Waals surface area (Å²) in [5.74, 6) is -0.114. The molecule has 27 heavy (non-hydrogen) atoms. The van der Waals surface area contributed by atoms with E-state index in [1.165, 1.54) is 12.1 Å². The first-order valence-electron chi connectivity index (χ1n) is 9.08. The first kappa shape index (κ1) is 19.5. The van der Waals surface area contributed by atoms with Crippen LogP contribution in [0.25, 0.3) is 0 Å². The highest BCUT2D eigenvalue weighted by Gasteiger charge is 2.33. The molecule has 0 radical (unpaired) electrons. The second kappa shape index (κ2) is 8.16. The van der Waals surface area contributed by atoms with Crippen molar-refractivity contribution in [2.24, 2.45) is 5.92 Å². The summed E-state index contributed by atoms with van der Waals surface area (Å²) in [7, 11) is 0. The second-order valence-electron chi connectivity index (χ2n) is 7.00. The summed E-state index contributed by atoms with van der Waals surface area (Å²) in [6.07, 6.45) is -1.64. The molecule has 6 nitrogen and oxygen atoms in total. The number of hydrogen-bond donors (Lipinski definition) is 2. The molecular weight excluding hydrogens is 363 g/mol. The van der Waals surface area contributed by atoms with Crippen LogP contribution in [0.1, 0.15) is 19.3 Å². The van der Waals surface area contributed by atoms with Crippen molar-refractivity contribution in [2.75, 3.05) is 38.0 Å². The zero-order valence-electron chi connectivity index (χ0n) is 14.8. The molecule has 1 saturated carbocycles. The number of rotatable bonds is 5. The van der Waals surface area contributed by atoms with Crippen LogP contribution < -0.4 is 15.0 Å². The Bertz CT molecular complexity index is 667. The van der Waals surface area contributed by atoms with Gasteiger partial charge in [-0.05, 0) is 37.1 Å². The molecule has 2 amide bonds. The van der Waals surface area contributed by atoms with Crippen molar-refractivity contribution in [2.45, 2.75) is 25.6 Å². The Morgan fingerprint density at radius 1 is 1.15 bits per heavy atom. The first-order valence-corrected chi connectivity index (χ1v) is 9.08. The third kappa shape index (κ3) is 5.59. The number of quaternary nitrogens is 1. The monoisotopic (exact) mass is 386 g/mol. The van der Waals surface area contributed by atoms with Crippen LogP contribution in [0, 0.1) is 5.92 Å². The molecule has 0 unspecified atom stereocenters. The number of amides is 2. The molecule has 2 aliphatic rings. The number of alkyl halides is 3. The van der Waals surface area contributed by atoms with Crippen molar-refractivity contribution in [1.29, 1.82) is 0 Å². The van der Waals surface area contributed by atoms with Crippen molar-refractivity contribution in [3.8, 4) is 5.75 Å². The molecule has 1 aromatic carbocycles. The van der Waals surface area contributed by atoms with Crippen molar-refractivity contribution in [1.82, 2.24) is 4.90 Å². The van der Waals surface area contributed by atoms with E-state index in [1.807, 2.05) is 4.90 Å². The summed E-state index contributed by atoms with van der Waals surface area (Å²) in [5.41, 5.74) is 0.410. The Hall–Kier alpha value is -2.29. The lowest BCUT2D eigenvalue weighted by atomic mass is 9.84. The van der Waals surface area contributed by atoms with Gasteiger partial charge in [0.1, 0.15) is 5.75 Å². The average molecular weight is 386 g/mol. The number of nitrogens with zero attached hydrogens (tertiary/aromatic N) is 1. The predicted octanol–water partition coefficient (Wildman–Crippen LogP) is 1.05. The molecule has 3 rings (SSSR count). The molecule has 2 fully saturated rings. The van der Waals surface area contributed by atoms with E-state index in [0.29, 0.717) is 31.9 Å². The molecule has 2 N–H and O–H groups in total. The van der Waals surface area contributed by atoms with E-state index in [-0.39, 0.29) is 30.0 Å². The zero-order chi connectivity index (χ0) is 19.4. The van der Waals surface area contributed by atoms with Gasteiger partial charge in [-0.2, -0.15) is 0 Å². The maximum atomic E-state index is 12.2. The number of carbonyl (C=O) groups excluding carboxylic acids is 2. The minimum atomic E-state index is -4.74. The maximum Gasteiger partial charge on any atom is 0.573 e. The molecule has 0 aromatic heterocycles. The summed E-state index contributed by atoms with van der Waals surface area (Å²) in [6.45, 7) is 2.99. The van der Waals surface area contributed by atoms with Crippen LogP contribution in [-0.4, -0.2) is 55.8 Å². The summed E-state index contributed by atoms with van der Waals surface area (Å²) in [5, 5.41) is 2.67. The lowest BCUT2D eigenvalue weighted by Crippen LogP contribution is -3.15. The lowest BCUT2D eigenvalue weighted by molar-refractivity contribution is -0.895. The van der Waals surface area contributed by atoms with Gasteiger partial charge in [-0.25, -0.2) is 0 Å². The second-order valence-corrected chi connectivity index (χ2v) is 7.00. The van der Waals surface area contributed by atoms with E-state index in [4.69, 9.17) is 0 Å². The summed E-state index contributed by atoms with van der Waals surface area (Å²) in [6, 6.07) is 5.04. The number of anilines is 1. The van der Waals surface area contributed by atoms with Crippen LogP contribution in [0.2, 0.25) is 0 Å². The first-order chi connectivity index (χ1) is 12.8. The van der Waals surface area contributed by atoms with Crippen LogP contribution in [0.3, 0.4) is 0 Å². The van der Waals surface area contributed by atoms with Gasteiger partial charge in [0.15, 0.2) is 6.54 Å². The van der Waals surface area contributed by atoms with E-state index >= 15 is 0 Å². The van der Waals surface area contributed by atoms with E-state index in [9.17, 15) is 22.8 Å². The highest BCUT2D eigenvalue weighted by molar-refractivity contribution is 5.91. The topological polar surface area (TPSA) is 63.1 Å². The molecule has 1 aromatic rings. The molecule has 0 spiro atoms. The van der Waals surface area contributed by atoms with Crippen molar-refractivity contribution in [3.63, 3.8) is 0 Å². The quantitative estimate of drug-likeness (QED) is 0.795. The molecule has 0 atom stereocenters. The fourth-order valence-corrected chi connectivity index (χ4v) is 3.31. The number of carbonyl (C=O) groups is 2. The number of halogens is 3. The van der Waals surface area contributed by atoms with Gasteiger partial charge in [-0.15, -0.1) is 13.2 Å². The summed E-state index contributed by atoms with van der Waals surface area (Å²) in [4.78, 5) is 27.4. The lowest BCUT2D eigenvalue weighted by Gasteiger charge is -2.36. The SMILES string of the molecule is O=C(C[NH+]1CCN(C(=O)C2CCC2)CC1)Nc1ccc(OC(F)(F)F)cc1. The van der Waals surface area contributed by atoms with E-state index in [2.05, 4.69) is 10.1 Å². The number of benzene rings is 1. The third-order valence-electron chi connectivity index (χ3n) is 5.02. The molecule has 1 saturated heterocycles. The maximum absolute atomic E-state index is 12.2. The summed E-state index contributed by atoms with van der Waals surface area (Å²) >= 11 is 0. The number of nitrogens with one attached hydrogen (secondary N) is 2. The summed E-state index contributed by atoms with van der Waals surface area (Å²) < 4.78 is 40.2. The molecular formula is C18H23F3N3O3+. The standard InChI is InChI=1S/C18H22F3N3O3/c19-18(20,21)27-15-6-4-14(5-7-15)22-16(25)12-23-8-10-24(11-9-23)17(26)13-2-1-3-13/h4-7,13H,1-3,8-12H2,(H,22,25)/p+1. The van der Waals surface area contributed by atoms with Crippen LogP contribution in [0.4, 0.5) is 18.9 Å². The third-order valence-corrected chi connectivity index (χ3v) is 5.02. The number of piperazine rings is 1. The number of ether oxygens (including phenoxy) is 1. The minimum Gasteiger partial charge on any atom is -0.406 e. The van der Waals surface area contributed by atoms with Gasteiger partial charge in [-0.3, -0.25) is 9.59 Å². The smallest absolute Gasteiger partial charge is 0.406 e. The van der Waals surface area contributed by atoms with Crippen LogP contribution in [0.5, 0.6) is 5.75 Å². The average Bonchev–Trinajstić information content (AvgIpc) is 2.54. The Kier molecular flexibility index (Phi) is 5.88. The molecule has 9 heteroatoms. The fraction of sp³-hybridized carbons (Fsp3) is 0.556. The highest BCUT2D eigenvalue weighted by atomic mass is 19.4. The fourth-order valence-electron chi connectivity index (χ4n) is 3.31. The molecule has 1 aliphatic carbocycles. The highest BCUT2D eigenvalue weighted by Crippen LogP contribution is 2.28. The Labute approximate surface area is 155 Å². The van der Waals surface area contributed by atoms with Gasteiger partial charge in [-0.1, -0.05) is 6.42 Å². The van der Waals surface area contributed by atoms with E-state index in [1.54, 1.807) is 0 Å². The molecule has 1 heterocycles. The van der Waals surface area contributed by atoms with Crippen molar-refractivity contribution >= 4 is 17.5 Å². The van der Waals surface area contributed by atoms with Crippen molar-refractivity contribution in [3.05, 3.63) is 24.3 Å². The predicted molar refractivity (Wildman–Crippen MR) is 91.2 cm³/mol. The largest absolute Gasteiger partial charge is 0.573 e. The van der Waals surface area contributed by atoms with Gasteiger partial charge in [0.25, 0.3) is 5.91 Å². The molecule has 0 bridgehead atoms. The van der Waals surface area contributed by atoms with Gasteiger partial charge >= 0.3 is 6.36 Å². The van der Waals surface area contributed by atoms with Crippen molar-refractivity contribution < 1.29 is 32.4 Å². The number of hydrogen-bond acceptors (Lipinski definition) is 3. The van der Waals surface area contributed by atoms with Gasteiger partial charge in [0.2, 0.25) is 5.91 Å². The van der Waals surface area contributed by atoms with E-state index < -0.39 is 6.36 Å². The van der Waals surface area contributed by atoms with Gasteiger partial charge < -0.3 is 19.9 Å². The molecule has 148 valence electrons. The Balaban J connectivity index is 1.41. The Morgan fingerprint density at radius 2 is 1.78 bits per heavy atom.